The zero-order chi connectivity index (χ0) is 19.0. The molecule has 0 spiro atoms. The van der Waals surface area contributed by atoms with E-state index in [4.69, 9.17) is 0 Å². The molecule has 2 heterocycles. The molecule has 4 rings (SSSR count). The monoisotopic (exact) mass is 423 g/mol. The summed E-state index contributed by atoms with van der Waals surface area (Å²) in [5.74, 6) is -0.244. The number of halogens is 2. The SMILES string of the molecule is Cc1ccc2nc(-c3ccccc3F)c(NC(=O)c3ccc(Br)cc3)n2c1. The number of fused-ring (bicyclic) bond motifs is 1. The average molecular weight is 424 g/mol. The van der Waals surface area contributed by atoms with Crippen molar-refractivity contribution < 1.29 is 9.18 Å². The smallest absolute Gasteiger partial charge is 0.256 e. The number of aryl methyl sites for hydroxylation is 1. The van der Waals surface area contributed by atoms with Gasteiger partial charge in [0.2, 0.25) is 0 Å². The first kappa shape index (κ1) is 17.4. The normalized spacial score (nSPS) is 10.9. The van der Waals surface area contributed by atoms with Crippen molar-refractivity contribution in [1.29, 1.82) is 0 Å². The highest BCUT2D eigenvalue weighted by Gasteiger charge is 2.19. The number of pyridine rings is 1. The van der Waals surface area contributed by atoms with E-state index in [1.807, 2.05) is 25.3 Å². The fraction of sp³-hybridized carbons (Fsp3) is 0.0476. The van der Waals surface area contributed by atoms with Gasteiger partial charge in [-0.05, 0) is 55.0 Å². The standard InChI is InChI=1S/C21H15BrFN3O/c1-13-6-11-18-24-19(16-4-2-3-5-17(16)23)20(26(18)12-13)25-21(27)14-7-9-15(22)10-8-14/h2-12H,1H3,(H,25,27). The number of imidazole rings is 1. The third-order valence-corrected chi connectivity index (χ3v) is 4.76. The first-order valence-electron chi connectivity index (χ1n) is 8.33. The molecular formula is C21H15BrFN3O. The Bertz CT molecular complexity index is 1150. The molecule has 4 nitrogen and oxygen atoms in total. The number of aromatic nitrogens is 2. The van der Waals surface area contributed by atoms with Gasteiger partial charge in [0.1, 0.15) is 23.0 Å². The van der Waals surface area contributed by atoms with Gasteiger partial charge in [0, 0.05) is 21.8 Å². The van der Waals surface area contributed by atoms with Crippen molar-refractivity contribution in [3.05, 3.63) is 88.3 Å². The van der Waals surface area contributed by atoms with Crippen molar-refractivity contribution in [2.75, 3.05) is 5.32 Å². The second-order valence-corrected chi connectivity index (χ2v) is 7.10. The molecule has 134 valence electrons. The Morgan fingerprint density at radius 3 is 2.56 bits per heavy atom. The van der Waals surface area contributed by atoms with Crippen LogP contribution < -0.4 is 5.32 Å². The molecule has 0 bridgehead atoms. The van der Waals surface area contributed by atoms with Crippen LogP contribution in [0.2, 0.25) is 0 Å². The molecule has 2 aromatic carbocycles. The minimum absolute atomic E-state index is 0.289. The maximum absolute atomic E-state index is 14.4. The Kier molecular flexibility index (Phi) is 4.49. The minimum atomic E-state index is -0.392. The Labute approximate surface area is 163 Å². The van der Waals surface area contributed by atoms with E-state index in [0.29, 0.717) is 28.3 Å². The van der Waals surface area contributed by atoms with Crippen LogP contribution in [-0.4, -0.2) is 15.3 Å². The molecule has 4 aromatic rings. The Balaban J connectivity index is 1.86. The average Bonchev–Trinajstić information content (AvgIpc) is 3.00. The van der Waals surface area contributed by atoms with Gasteiger partial charge in [-0.2, -0.15) is 0 Å². The van der Waals surface area contributed by atoms with E-state index in [-0.39, 0.29) is 5.91 Å². The van der Waals surface area contributed by atoms with Gasteiger partial charge < -0.3 is 5.32 Å². The quantitative estimate of drug-likeness (QED) is 0.475. The van der Waals surface area contributed by atoms with Gasteiger partial charge in [-0.1, -0.05) is 34.1 Å². The molecule has 0 unspecified atom stereocenters. The zero-order valence-electron chi connectivity index (χ0n) is 14.4. The van der Waals surface area contributed by atoms with Crippen LogP contribution in [0, 0.1) is 12.7 Å². The molecule has 1 N–H and O–H groups in total. The molecular weight excluding hydrogens is 409 g/mol. The highest BCUT2D eigenvalue weighted by atomic mass is 79.9. The number of hydrogen-bond donors (Lipinski definition) is 1. The van der Waals surface area contributed by atoms with E-state index < -0.39 is 5.82 Å². The molecule has 0 aliphatic heterocycles. The molecule has 0 saturated heterocycles. The molecule has 0 aliphatic carbocycles. The first-order chi connectivity index (χ1) is 13.0. The number of carbonyl (C=O) groups is 1. The lowest BCUT2D eigenvalue weighted by molar-refractivity contribution is 0.102. The topological polar surface area (TPSA) is 46.4 Å². The summed E-state index contributed by atoms with van der Waals surface area (Å²) in [6, 6.07) is 17.2. The van der Waals surface area contributed by atoms with E-state index in [1.54, 1.807) is 46.9 Å². The van der Waals surface area contributed by atoms with Gasteiger partial charge in [-0.3, -0.25) is 9.20 Å². The largest absolute Gasteiger partial charge is 0.306 e. The molecule has 1 amide bonds. The molecule has 0 aliphatic rings. The number of anilines is 1. The number of nitrogens with one attached hydrogen (secondary N) is 1. The summed E-state index contributed by atoms with van der Waals surface area (Å²) in [7, 11) is 0. The van der Waals surface area contributed by atoms with E-state index in [1.165, 1.54) is 6.07 Å². The predicted molar refractivity (Wildman–Crippen MR) is 107 cm³/mol. The molecule has 6 heteroatoms. The zero-order valence-corrected chi connectivity index (χ0v) is 16.0. The number of rotatable bonds is 3. The van der Waals surface area contributed by atoms with Crippen molar-refractivity contribution in [2.45, 2.75) is 6.92 Å². The summed E-state index contributed by atoms with van der Waals surface area (Å²) < 4.78 is 17.1. The molecule has 0 radical (unpaired) electrons. The predicted octanol–water partition coefficient (Wildman–Crippen LogP) is 5.46. The minimum Gasteiger partial charge on any atom is -0.306 e. The molecule has 0 saturated carbocycles. The van der Waals surface area contributed by atoms with Crippen LogP contribution in [-0.2, 0) is 0 Å². The Morgan fingerprint density at radius 2 is 1.81 bits per heavy atom. The summed E-state index contributed by atoms with van der Waals surface area (Å²) in [4.78, 5) is 17.3. The van der Waals surface area contributed by atoms with Gasteiger partial charge in [0.25, 0.3) is 5.91 Å². The molecule has 2 aromatic heterocycles. The number of hydrogen-bond acceptors (Lipinski definition) is 2. The van der Waals surface area contributed by atoms with Crippen molar-refractivity contribution in [2.24, 2.45) is 0 Å². The number of benzene rings is 2. The van der Waals surface area contributed by atoms with Gasteiger partial charge in [-0.25, -0.2) is 9.37 Å². The van der Waals surface area contributed by atoms with Crippen LogP contribution in [0.5, 0.6) is 0 Å². The van der Waals surface area contributed by atoms with Gasteiger partial charge >= 0.3 is 0 Å². The van der Waals surface area contributed by atoms with Crippen molar-refractivity contribution in [3.8, 4) is 11.3 Å². The van der Waals surface area contributed by atoms with Crippen LogP contribution >= 0.6 is 15.9 Å². The van der Waals surface area contributed by atoms with Crippen LogP contribution in [0.4, 0.5) is 10.2 Å². The molecule has 0 atom stereocenters. The number of amides is 1. The molecule has 27 heavy (non-hydrogen) atoms. The first-order valence-corrected chi connectivity index (χ1v) is 9.13. The second kappa shape index (κ2) is 6.96. The van der Waals surface area contributed by atoms with Crippen LogP contribution in [0.15, 0.2) is 71.3 Å². The molecule has 0 fully saturated rings. The summed E-state index contributed by atoms with van der Waals surface area (Å²) in [5.41, 5.74) is 2.86. The third kappa shape index (κ3) is 3.36. The summed E-state index contributed by atoms with van der Waals surface area (Å²) in [5, 5.41) is 2.90. The van der Waals surface area contributed by atoms with Gasteiger partial charge in [-0.15, -0.1) is 0 Å². The highest BCUT2D eigenvalue weighted by molar-refractivity contribution is 9.10. The van der Waals surface area contributed by atoms with Crippen molar-refractivity contribution in [1.82, 2.24) is 9.38 Å². The van der Waals surface area contributed by atoms with E-state index in [2.05, 4.69) is 26.2 Å². The fourth-order valence-corrected chi connectivity index (χ4v) is 3.16. The number of carbonyl (C=O) groups excluding carboxylic acids is 1. The van der Waals surface area contributed by atoms with Crippen LogP contribution in [0.1, 0.15) is 15.9 Å². The fourth-order valence-electron chi connectivity index (χ4n) is 2.89. The maximum Gasteiger partial charge on any atom is 0.256 e. The van der Waals surface area contributed by atoms with Crippen molar-refractivity contribution >= 4 is 33.3 Å². The van der Waals surface area contributed by atoms with E-state index in [9.17, 15) is 9.18 Å². The van der Waals surface area contributed by atoms with Crippen molar-refractivity contribution in [3.63, 3.8) is 0 Å². The van der Waals surface area contributed by atoms with Crippen LogP contribution in [0.25, 0.3) is 16.9 Å². The van der Waals surface area contributed by atoms with Gasteiger partial charge in [0.05, 0.1) is 0 Å². The van der Waals surface area contributed by atoms with E-state index >= 15 is 0 Å². The Hall–Kier alpha value is -2.99. The Morgan fingerprint density at radius 1 is 1.07 bits per heavy atom. The highest BCUT2D eigenvalue weighted by Crippen LogP contribution is 2.31. The number of nitrogens with zero attached hydrogens (tertiary/aromatic N) is 2. The van der Waals surface area contributed by atoms with Gasteiger partial charge in [0.15, 0.2) is 0 Å². The van der Waals surface area contributed by atoms with E-state index in [0.717, 1.165) is 10.0 Å². The lowest BCUT2D eigenvalue weighted by atomic mass is 10.1. The third-order valence-electron chi connectivity index (χ3n) is 4.23. The lowest BCUT2D eigenvalue weighted by Crippen LogP contribution is -2.14. The lowest BCUT2D eigenvalue weighted by Gasteiger charge is -2.09. The summed E-state index contributed by atoms with van der Waals surface area (Å²) >= 11 is 3.36. The maximum atomic E-state index is 14.4. The second-order valence-electron chi connectivity index (χ2n) is 6.18. The summed E-state index contributed by atoms with van der Waals surface area (Å²) in [6.45, 7) is 1.95. The van der Waals surface area contributed by atoms with Crippen LogP contribution in [0.3, 0.4) is 0 Å². The summed E-state index contributed by atoms with van der Waals surface area (Å²) in [6.07, 6.45) is 1.86.